The zero-order valence-corrected chi connectivity index (χ0v) is 15.5. The molecule has 1 fully saturated rings. The lowest BCUT2D eigenvalue weighted by molar-refractivity contribution is 0.113. The minimum Gasteiger partial charge on any atom is -0.374 e. The highest BCUT2D eigenvalue weighted by atomic mass is 15.2. The fraction of sp³-hybridized carbons (Fsp3) is 0.765. The Balaban J connectivity index is 2.88. The van der Waals surface area contributed by atoms with Crippen LogP contribution in [0.3, 0.4) is 0 Å². The molecule has 1 saturated heterocycles. The number of rotatable bonds is 3. The van der Waals surface area contributed by atoms with Crippen LogP contribution in [0.1, 0.15) is 54.4 Å². The summed E-state index contributed by atoms with van der Waals surface area (Å²) in [5.41, 5.74) is 0.259. The van der Waals surface area contributed by atoms with Crippen molar-refractivity contribution in [2.24, 2.45) is 9.98 Å². The fourth-order valence-electron chi connectivity index (χ4n) is 3.40. The molecule has 5 nitrogen and oxygen atoms in total. The van der Waals surface area contributed by atoms with Crippen molar-refractivity contribution in [1.82, 2.24) is 15.5 Å². The number of nitrogens with zero attached hydrogens (tertiary/aromatic N) is 3. The third-order valence-electron chi connectivity index (χ3n) is 4.14. The number of hydrogen-bond donors (Lipinski definition) is 2. The molecule has 5 heteroatoms. The minimum absolute atomic E-state index is 0.129. The lowest BCUT2D eigenvalue weighted by Gasteiger charge is -2.49. The van der Waals surface area contributed by atoms with Crippen LogP contribution in [-0.4, -0.2) is 47.8 Å². The number of piperidine rings is 1. The number of nitrogens with one attached hydrogen (secondary N) is 2. The predicted octanol–water partition coefficient (Wildman–Crippen LogP) is 2.75. The topological polar surface area (TPSA) is 52.0 Å². The highest BCUT2D eigenvalue weighted by molar-refractivity contribution is 5.95. The van der Waals surface area contributed by atoms with Gasteiger partial charge in [0, 0.05) is 31.2 Å². The lowest BCUT2D eigenvalue weighted by Crippen LogP contribution is -2.62. The van der Waals surface area contributed by atoms with Gasteiger partial charge >= 0.3 is 0 Å². The summed E-state index contributed by atoms with van der Waals surface area (Å²) >= 11 is 0. The monoisotopic (exact) mass is 307 g/mol. The second kappa shape index (κ2) is 6.82. The van der Waals surface area contributed by atoms with Gasteiger partial charge in [-0.15, -0.1) is 0 Å². The van der Waals surface area contributed by atoms with E-state index in [0.717, 1.165) is 24.5 Å². The molecule has 0 atom stereocenters. The van der Waals surface area contributed by atoms with Crippen LogP contribution < -0.4 is 10.6 Å². The SMILES string of the molecule is C=C(/N=C(/C)N=C(C)N(C)C1CC(C)(C)NC(C)(C)C1)NC. The molecule has 1 rings (SSSR count). The first-order valence-electron chi connectivity index (χ1n) is 7.95. The van der Waals surface area contributed by atoms with E-state index in [4.69, 9.17) is 0 Å². The summed E-state index contributed by atoms with van der Waals surface area (Å²) < 4.78 is 0. The zero-order chi connectivity index (χ0) is 17.1. The first-order chi connectivity index (χ1) is 9.96. The van der Waals surface area contributed by atoms with Crippen LogP contribution in [0.15, 0.2) is 22.4 Å². The van der Waals surface area contributed by atoms with Crippen LogP contribution in [0.25, 0.3) is 0 Å². The number of hydrogen-bond acceptors (Lipinski definition) is 3. The van der Waals surface area contributed by atoms with E-state index < -0.39 is 0 Å². The van der Waals surface area contributed by atoms with Gasteiger partial charge in [0.2, 0.25) is 0 Å². The van der Waals surface area contributed by atoms with Crippen molar-refractivity contribution in [1.29, 1.82) is 0 Å². The van der Waals surface area contributed by atoms with E-state index in [1.165, 1.54) is 0 Å². The van der Waals surface area contributed by atoms with Crippen molar-refractivity contribution in [2.45, 2.75) is 71.5 Å². The lowest BCUT2D eigenvalue weighted by atomic mass is 9.79. The van der Waals surface area contributed by atoms with Crippen molar-refractivity contribution in [3.05, 3.63) is 12.4 Å². The molecular formula is C17H33N5. The average molecular weight is 307 g/mol. The predicted molar refractivity (Wildman–Crippen MR) is 96.5 cm³/mol. The van der Waals surface area contributed by atoms with Crippen LogP contribution in [0.5, 0.6) is 0 Å². The third kappa shape index (κ3) is 5.44. The molecule has 1 aliphatic heterocycles. The third-order valence-corrected chi connectivity index (χ3v) is 4.14. The van der Waals surface area contributed by atoms with Crippen molar-refractivity contribution in [3.8, 4) is 0 Å². The van der Waals surface area contributed by atoms with Gasteiger partial charge in [-0.3, -0.25) is 0 Å². The van der Waals surface area contributed by atoms with E-state index in [-0.39, 0.29) is 11.1 Å². The Bertz CT molecular complexity index is 457. The molecule has 1 aliphatic rings. The van der Waals surface area contributed by atoms with Crippen molar-refractivity contribution < 1.29 is 0 Å². The molecule has 0 aromatic heterocycles. The van der Waals surface area contributed by atoms with E-state index in [0.29, 0.717) is 11.9 Å². The Morgan fingerprint density at radius 1 is 1.14 bits per heavy atom. The summed E-state index contributed by atoms with van der Waals surface area (Å²) in [6, 6.07) is 0.468. The second-order valence-electron chi connectivity index (χ2n) is 7.58. The molecule has 0 saturated carbocycles. The van der Waals surface area contributed by atoms with E-state index >= 15 is 0 Å². The first-order valence-corrected chi connectivity index (χ1v) is 7.95. The average Bonchev–Trinajstić information content (AvgIpc) is 2.33. The number of amidine groups is 2. The van der Waals surface area contributed by atoms with Crippen LogP contribution in [0.4, 0.5) is 0 Å². The molecule has 0 aromatic carbocycles. The van der Waals surface area contributed by atoms with Crippen molar-refractivity contribution in [3.63, 3.8) is 0 Å². The van der Waals surface area contributed by atoms with E-state index in [2.05, 4.69) is 66.8 Å². The molecule has 2 N–H and O–H groups in total. The molecule has 0 unspecified atom stereocenters. The van der Waals surface area contributed by atoms with E-state index in [1.807, 2.05) is 13.8 Å². The molecule has 0 bridgehead atoms. The Kier molecular flexibility index (Phi) is 5.79. The molecule has 0 aromatic rings. The van der Waals surface area contributed by atoms with Crippen LogP contribution in [0.2, 0.25) is 0 Å². The van der Waals surface area contributed by atoms with Gasteiger partial charge in [-0.25, -0.2) is 9.98 Å². The molecule has 0 aliphatic carbocycles. The Hall–Kier alpha value is -1.36. The van der Waals surface area contributed by atoms with Crippen molar-refractivity contribution in [2.75, 3.05) is 14.1 Å². The normalized spacial score (nSPS) is 22.4. The molecule has 0 radical (unpaired) electrons. The second-order valence-corrected chi connectivity index (χ2v) is 7.58. The molecule has 126 valence electrons. The summed E-state index contributed by atoms with van der Waals surface area (Å²) in [5.74, 6) is 2.33. The summed E-state index contributed by atoms with van der Waals surface area (Å²) in [7, 11) is 3.93. The number of aliphatic imine (C=N–C) groups is 2. The minimum atomic E-state index is 0.129. The van der Waals surface area contributed by atoms with Crippen LogP contribution in [-0.2, 0) is 0 Å². The van der Waals surface area contributed by atoms with Gasteiger partial charge in [0.05, 0.1) is 0 Å². The van der Waals surface area contributed by atoms with E-state index in [1.54, 1.807) is 7.05 Å². The zero-order valence-electron chi connectivity index (χ0n) is 15.5. The Labute approximate surface area is 136 Å². The first kappa shape index (κ1) is 18.7. The summed E-state index contributed by atoms with van der Waals surface area (Å²) in [5, 5.41) is 6.63. The van der Waals surface area contributed by atoms with Gasteiger partial charge in [-0.1, -0.05) is 6.58 Å². The standard InChI is InChI=1S/C17H33N5/c1-12(18-8)19-13(2)20-14(3)22(9)15-10-16(4,5)21-17(6,7)11-15/h15,18,21H,1,10-11H2,2-9H3/b19-13-,20-14?. The molecule has 0 amide bonds. The molecular weight excluding hydrogens is 274 g/mol. The highest BCUT2D eigenvalue weighted by Crippen LogP contribution is 2.31. The summed E-state index contributed by atoms with van der Waals surface area (Å²) in [4.78, 5) is 11.2. The maximum absolute atomic E-state index is 4.61. The Morgan fingerprint density at radius 3 is 2.09 bits per heavy atom. The molecule has 22 heavy (non-hydrogen) atoms. The molecule has 1 heterocycles. The van der Waals surface area contributed by atoms with Crippen LogP contribution in [0, 0.1) is 0 Å². The fourth-order valence-corrected chi connectivity index (χ4v) is 3.40. The maximum atomic E-state index is 4.61. The Morgan fingerprint density at radius 2 is 1.64 bits per heavy atom. The van der Waals surface area contributed by atoms with Gasteiger partial charge in [-0.2, -0.15) is 0 Å². The van der Waals surface area contributed by atoms with Gasteiger partial charge in [0.25, 0.3) is 0 Å². The smallest absolute Gasteiger partial charge is 0.129 e. The summed E-state index contributed by atoms with van der Waals surface area (Å²) in [6.45, 7) is 16.8. The van der Waals surface area contributed by atoms with Gasteiger partial charge in [-0.05, 0) is 54.4 Å². The maximum Gasteiger partial charge on any atom is 0.129 e. The highest BCUT2D eigenvalue weighted by Gasteiger charge is 2.39. The largest absolute Gasteiger partial charge is 0.374 e. The summed E-state index contributed by atoms with van der Waals surface area (Å²) in [6.07, 6.45) is 2.19. The van der Waals surface area contributed by atoms with Crippen LogP contribution >= 0.6 is 0 Å². The molecule has 0 spiro atoms. The van der Waals surface area contributed by atoms with Gasteiger partial charge in [0.1, 0.15) is 17.5 Å². The quantitative estimate of drug-likeness (QED) is 0.623. The van der Waals surface area contributed by atoms with Crippen molar-refractivity contribution >= 4 is 11.7 Å². The van der Waals surface area contributed by atoms with E-state index in [9.17, 15) is 0 Å². The van der Waals surface area contributed by atoms with Gasteiger partial charge < -0.3 is 15.5 Å². The van der Waals surface area contributed by atoms with Gasteiger partial charge in [0.15, 0.2) is 0 Å².